The van der Waals surface area contributed by atoms with E-state index in [2.05, 4.69) is 95.9 Å². The fourth-order valence-corrected chi connectivity index (χ4v) is 3.74. The number of fused-ring (bicyclic) bond motifs is 1. The Hall–Kier alpha value is -2.58. The van der Waals surface area contributed by atoms with Crippen LogP contribution in [0, 0.1) is 0 Å². The van der Waals surface area contributed by atoms with E-state index >= 15 is 0 Å². The average Bonchev–Trinajstić information content (AvgIpc) is 3.00. The van der Waals surface area contributed by atoms with Crippen molar-refractivity contribution in [2.24, 2.45) is 0 Å². The van der Waals surface area contributed by atoms with Crippen molar-refractivity contribution in [1.29, 1.82) is 0 Å². The van der Waals surface area contributed by atoms with E-state index in [-0.39, 0.29) is 0 Å². The molecule has 4 rings (SSSR count). The average molecular weight is 301 g/mol. The summed E-state index contributed by atoms with van der Waals surface area (Å²) in [6.07, 6.45) is 0. The van der Waals surface area contributed by atoms with E-state index in [0.717, 1.165) is 0 Å². The van der Waals surface area contributed by atoms with E-state index in [0.29, 0.717) is 0 Å². The van der Waals surface area contributed by atoms with Crippen LogP contribution in [0.4, 0.5) is 16.4 Å². The quantitative estimate of drug-likeness (QED) is 0.425. The normalized spacial score (nSPS) is 10.7. The lowest BCUT2D eigenvalue weighted by atomic mass is 10.2. The predicted molar refractivity (Wildman–Crippen MR) is 96.5 cm³/mol. The van der Waals surface area contributed by atoms with Gasteiger partial charge in [-0.1, -0.05) is 54.6 Å². The summed E-state index contributed by atoms with van der Waals surface area (Å²) in [6.45, 7) is 0. The summed E-state index contributed by atoms with van der Waals surface area (Å²) in [6, 6.07) is 31.8. The molecule has 0 atom stereocenters. The van der Waals surface area contributed by atoms with Crippen molar-refractivity contribution >= 4 is 37.8 Å². The summed E-state index contributed by atoms with van der Waals surface area (Å²) in [5.74, 6) is 0. The Bertz CT molecular complexity index is 809. The molecule has 0 aliphatic carbocycles. The van der Waals surface area contributed by atoms with Crippen LogP contribution in [0.25, 0.3) is 10.1 Å². The number of benzene rings is 3. The molecule has 1 aromatic heterocycles. The Morgan fingerprint density at radius 3 is 1.73 bits per heavy atom. The van der Waals surface area contributed by atoms with Crippen molar-refractivity contribution in [2.45, 2.75) is 0 Å². The molecular weight excluding hydrogens is 286 g/mol. The van der Waals surface area contributed by atoms with Gasteiger partial charge in [0.15, 0.2) is 0 Å². The molecule has 4 aromatic rings. The molecule has 0 radical (unpaired) electrons. The molecule has 0 fully saturated rings. The molecule has 106 valence electrons. The third-order valence-electron chi connectivity index (χ3n) is 3.66. The highest BCUT2D eigenvalue weighted by atomic mass is 32.1. The first-order chi connectivity index (χ1) is 10.9. The van der Waals surface area contributed by atoms with E-state index in [1.807, 2.05) is 11.3 Å². The van der Waals surface area contributed by atoms with Crippen LogP contribution in [0.5, 0.6) is 0 Å². The standard InChI is InChI=1S/C20H15NS/c1-3-10-17(11-4-1)21(18-12-5-2-6-13-18)20-15-16-9-7-8-14-19(16)22-20/h1-15H. The van der Waals surface area contributed by atoms with Crippen molar-refractivity contribution in [2.75, 3.05) is 4.90 Å². The third kappa shape index (κ3) is 2.38. The first kappa shape index (κ1) is 13.1. The highest BCUT2D eigenvalue weighted by molar-refractivity contribution is 7.23. The van der Waals surface area contributed by atoms with Gasteiger partial charge in [-0.15, -0.1) is 11.3 Å². The van der Waals surface area contributed by atoms with Gasteiger partial charge in [0, 0.05) is 16.1 Å². The number of para-hydroxylation sites is 2. The Kier molecular flexibility index (Phi) is 3.37. The van der Waals surface area contributed by atoms with Crippen LogP contribution >= 0.6 is 11.3 Å². The first-order valence-electron chi connectivity index (χ1n) is 7.31. The van der Waals surface area contributed by atoms with Crippen molar-refractivity contribution in [3.63, 3.8) is 0 Å². The molecule has 3 aromatic carbocycles. The predicted octanol–water partition coefficient (Wildman–Crippen LogP) is 6.37. The highest BCUT2D eigenvalue weighted by Crippen LogP contribution is 2.41. The molecule has 0 saturated carbocycles. The summed E-state index contributed by atoms with van der Waals surface area (Å²) >= 11 is 1.82. The maximum absolute atomic E-state index is 2.31. The summed E-state index contributed by atoms with van der Waals surface area (Å²) in [5.41, 5.74) is 2.36. The summed E-state index contributed by atoms with van der Waals surface area (Å²) in [7, 11) is 0. The molecule has 0 saturated heterocycles. The highest BCUT2D eigenvalue weighted by Gasteiger charge is 2.14. The first-order valence-corrected chi connectivity index (χ1v) is 8.12. The van der Waals surface area contributed by atoms with Crippen molar-refractivity contribution < 1.29 is 0 Å². The molecular formula is C20H15NS. The van der Waals surface area contributed by atoms with Gasteiger partial charge in [0.1, 0.15) is 5.00 Å². The van der Waals surface area contributed by atoms with Gasteiger partial charge in [-0.25, -0.2) is 0 Å². The van der Waals surface area contributed by atoms with Gasteiger partial charge >= 0.3 is 0 Å². The van der Waals surface area contributed by atoms with Gasteiger partial charge in [0.25, 0.3) is 0 Å². The molecule has 0 aliphatic heterocycles. The van der Waals surface area contributed by atoms with E-state index in [1.54, 1.807) is 0 Å². The zero-order valence-corrected chi connectivity index (χ0v) is 12.8. The van der Waals surface area contributed by atoms with Crippen LogP contribution in [0.15, 0.2) is 91.0 Å². The largest absolute Gasteiger partial charge is 0.302 e. The molecule has 0 amide bonds. The van der Waals surface area contributed by atoms with Crippen molar-refractivity contribution in [3.05, 3.63) is 91.0 Å². The molecule has 0 bridgehead atoms. The van der Waals surface area contributed by atoms with Crippen molar-refractivity contribution in [3.8, 4) is 0 Å². The van der Waals surface area contributed by atoms with Crippen molar-refractivity contribution in [1.82, 2.24) is 0 Å². The minimum Gasteiger partial charge on any atom is -0.302 e. The number of anilines is 3. The SMILES string of the molecule is c1ccc(N(c2ccccc2)c2cc3ccccc3s2)cc1. The topological polar surface area (TPSA) is 3.24 Å². The fraction of sp³-hybridized carbons (Fsp3) is 0. The molecule has 0 aliphatic rings. The van der Waals surface area contributed by atoms with Crippen LogP contribution in [0.2, 0.25) is 0 Å². The molecule has 0 spiro atoms. The number of hydrogen-bond donors (Lipinski definition) is 0. The van der Waals surface area contributed by atoms with Gasteiger partial charge < -0.3 is 4.90 Å². The smallest absolute Gasteiger partial charge is 0.101 e. The van der Waals surface area contributed by atoms with Crippen LogP contribution < -0.4 is 4.90 Å². The maximum atomic E-state index is 2.31. The van der Waals surface area contributed by atoms with Crippen LogP contribution in [-0.2, 0) is 0 Å². The fourth-order valence-electron chi connectivity index (χ4n) is 2.64. The number of hydrogen-bond acceptors (Lipinski definition) is 2. The van der Waals surface area contributed by atoms with Crippen LogP contribution in [0.1, 0.15) is 0 Å². The van der Waals surface area contributed by atoms with E-state index in [1.165, 1.54) is 26.5 Å². The molecule has 0 unspecified atom stereocenters. The van der Waals surface area contributed by atoms with Crippen LogP contribution in [-0.4, -0.2) is 0 Å². The molecule has 22 heavy (non-hydrogen) atoms. The molecule has 1 nitrogen and oxygen atoms in total. The summed E-state index contributed by atoms with van der Waals surface area (Å²) < 4.78 is 1.31. The lowest BCUT2D eigenvalue weighted by molar-refractivity contribution is 1.32. The monoisotopic (exact) mass is 301 g/mol. The van der Waals surface area contributed by atoms with Gasteiger partial charge in [-0.2, -0.15) is 0 Å². The van der Waals surface area contributed by atoms with E-state index < -0.39 is 0 Å². The Morgan fingerprint density at radius 2 is 1.14 bits per heavy atom. The summed E-state index contributed by atoms with van der Waals surface area (Å²) in [4.78, 5) is 2.31. The minimum absolute atomic E-state index is 1.18. The summed E-state index contributed by atoms with van der Waals surface area (Å²) in [5, 5.41) is 2.53. The minimum atomic E-state index is 1.18. The lowest BCUT2D eigenvalue weighted by Gasteiger charge is -2.23. The lowest BCUT2D eigenvalue weighted by Crippen LogP contribution is -2.07. The van der Waals surface area contributed by atoms with Crippen LogP contribution in [0.3, 0.4) is 0 Å². The zero-order chi connectivity index (χ0) is 14.8. The maximum Gasteiger partial charge on any atom is 0.101 e. The molecule has 2 heteroatoms. The van der Waals surface area contributed by atoms with Gasteiger partial charge in [0.05, 0.1) is 0 Å². The van der Waals surface area contributed by atoms with Gasteiger partial charge in [-0.05, 0) is 41.8 Å². The number of nitrogens with zero attached hydrogens (tertiary/aromatic N) is 1. The van der Waals surface area contributed by atoms with E-state index in [9.17, 15) is 0 Å². The zero-order valence-electron chi connectivity index (χ0n) is 12.0. The molecule has 0 N–H and O–H groups in total. The Labute approximate surface area is 134 Å². The number of thiophene rings is 1. The van der Waals surface area contributed by atoms with Gasteiger partial charge in [-0.3, -0.25) is 0 Å². The number of rotatable bonds is 3. The van der Waals surface area contributed by atoms with Gasteiger partial charge in [0.2, 0.25) is 0 Å². The Morgan fingerprint density at radius 1 is 0.591 bits per heavy atom. The third-order valence-corrected chi connectivity index (χ3v) is 4.76. The Balaban J connectivity index is 1.90. The molecule has 1 heterocycles. The van der Waals surface area contributed by atoms with E-state index in [4.69, 9.17) is 0 Å². The second-order valence-corrected chi connectivity index (χ2v) is 6.19. The second kappa shape index (κ2) is 5.66. The second-order valence-electron chi connectivity index (χ2n) is 5.13.